The van der Waals surface area contributed by atoms with Crippen LogP contribution in [0.5, 0.6) is 5.75 Å². The van der Waals surface area contributed by atoms with Crippen molar-refractivity contribution in [3.8, 4) is 5.75 Å². The first-order valence-electron chi connectivity index (χ1n) is 13.1. The van der Waals surface area contributed by atoms with Crippen molar-refractivity contribution < 1.29 is 19.1 Å². The molecule has 2 aromatic heterocycles. The van der Waals surface area contributed by atoms with Gasteiger partial charge in [-0.15, -0.1) is 0 Å². The summed E-state index contributed by atoms with van der Waals surface area (Å²) in [7, 11) is 1.64. The predicted octanol–water partition coefficient (Wildman–Crippen LogP) is 4.64. The van der Waals surface area contributed by atoms with Gasteiger partial charge < -0.3 is 14.8 Å². The quantitative estimate of drug-likeness (QED) is 0.298. The van der Waals surface area contributed by atoms with Crippen LogP contribution in [-0.2, 0) is 27.5 Å². The summed E-state index contributed by atoms with van der Waals surface area (Å²) in [6, 6.07) is 19.3. The summed E-state index contributed by atoms with van der Waals surface area (Å²) in [5.74, 6) is 1.04. The van der Waals surface area contributed by atoms with Crippen LogP contribution in [0.4, 0.5) is 11.5 Å². The zero-order valence-corrected chi connectivity index (χ0v) is 22.2. The number of carbonyl (C=O) groups excluding carboxylic acids is 2. The van der Waals surface area contributed by atoms with E-state index < -0.39 is 0 Å². The molecule has 3 heterocycles. The summed E-state index contributed by atoms with van der Waals surface area (Å²) in [6.45, 7) is 3.89. The Morgan fingerprint density at radius 1 is 1.10 bits per heavy atom. The molecule has 202 valence electrons. The van der Waals surface area contributed by atoms with Crippen LogP contribution in [-0.4, -0.2) is 51.4 Å². The van der Waals surface area contributed by atoms with Crippen molar-refractivity contribution in [2.75, 3.05) is 25.5 Å². The number of ether oxygens (including phenoxy) is 2. The third-order valence-corrected chi connectivity index (χ3v) is 7.30. The van der Waals surface area contributed by atoms with Gasteiger partial charge in [-0.2, -0.15) is 5.10 Å². The molecule has 2 aromatic carbocycles. The van der Waals surface area contributed by atoms with E-state index in [0.717, 1.165) is 41.0 Å². The molecule has 1 saturated heterocycles. The fourth-order valence-electron chi connectivity index (χ4n) is 5.24. The highest BCUT2D eigenvalue weighted by atomic mass is 16.5. The Morgan fingerprint density at radius 3 is 2.74 bits per heavy atom. The van der Waals surface area contributed by atoms with E-state index in [1.165, 1.54) is 6.33 Å². The lowest BCUT2D eigenvalue weighted by atomic mass is 9.81. The molecule has 1 aliphatic heterocycles. The maximum atomic E-state index is 12.6. The van der Waals surface area contributed by atoms with Gasteiger partial charge in [0.15, 0.2) is 5.82 Å². The van der Waals surface area contributed by atoms with E-state index in [2.05, 4.69) is 20.3 Å². The van der Waals surface area contributed by atoms with Crippen molar-refractivity contribution in [3.05, 3.63) is 84.3 Å². The van der Waals surface area contributed by atoms with Gasteiger partial charge in [-0.1, -0.05) is 36.4 Å². The largest absolute Gasteiger partial charge is 0.497 e. The first kappa shape index (κ1) is 26.4. The summed E-state index contributed by atoms with van der Waals surface area (Å²) in [5, 5.41) is 7.76. The van der Waals surface area contributed by atoms with E-state index in [9.17, 15) is 9.59 Å². The average molecular weight is 528 g/mol. The molecule has 0 bridgehead atoms. The number of fused-ring (bicyclic) bond motifs is 1. The molecular weight excluding hydrogens is 494 g/mol. The first-order valence-corrected chi connectivity index (χ1v) is 13.1. The zero-order chi connectivity index (χ0) is 27.2. The smallest absolute Gasteiger partial charge is 0.306 e. The minimum Gasteiger partial charge on any atom is -0.497 e. The SMILES string of the molecule is COc1cccc(Nc2ncnn3ccc(CN4CC[C@@H](CC(=O)OCc5ccccc5)[C@@H](C(C)=O)C4)c23)c1. The van der Waals surface area contributed by atoms with Gasteiger partial charge in [-0.05, 0) is 55.1 Å². The molecule has 9 nitrogen and oxygen atoms in total. The molecule has 9 heteroatoms. The lowest BCUT2D eigenvalue weighted by molar-refractivity contribution is -0.147. The number of hydrogen-bond acceptors (Lipinski definition) is 8. The number of benzene rings is 2. The van der Waals surface area contributed by atoms with E-state index in [1.807, 2.05) is 71.4 Å². The summed E-state index contributed by atoms with van der Waals surface area (Å²) >= 11 is 0. The second kappa shape index (κ2) is 12.1. The van der Waals surface area contributed by atoms with Crippen LogP contribution in [0.3, 0.4) is 0 Å². The molecule has 5 rings (SSSR count). The van der Waals surface area contributed by atoms with E-state index in [4.69, 9.17) is 9.47 Å². The summed E-state index contributed by atoms with van der Waals surface area (Å²) < 4.78 is 12.7. The number of piperidine rings is 1. The lowest BCUT2D eigenvalue weighted by Gasteiger charge is -2.37. The molecule has 4 aromatic rings. The highest BCUT2D eigenvalue weighted by molar-refractivity contribution is 5.80. The Labute approximate surface area is 227 Å². The molecule has 39 heavy (non-hydrogen) atoms. The first-order chi connectivity index (χ1) is 19.0. The van der Waals surface area contributed by atoms with Gasteiger partial charge >= 0.3 is 5.97 Å². The van der Waals surface area contributed by atoms with Crippen molar-refractivity contribution in [1.29, 1.82) is 0 Å². The molecule has 0 aliphatic carbocycles. The van der Waals surface area contributed by atoms with Gasteiger partial charge in [-0.25, -0.2) is 9.50 Å². The van der Waals surface area contributed by atoms with Crippen molar-refractivity contribution in [1.82, 2.24) is 19.5 Å². The maximum absolute atomic E-state index is 12.6. The number of likely N-dealkylation sites (tertiary alicyclic amines) is 1. The number of carbonyl (C=O) groups is 2. The van der Waals surface area contributed by atoms with Crippen molar-refractivity contribution in [2.45, 2.75) is 32.9 Å². The maximum Gasteiger partial charge on any atom is 0.306 e. The molecule has 0 radical (unpaired) electrons. The number of aromatic nitrogens is 3. The number of Topliss-reactive ketones (excluding diaryl/α,β-unsaturated/α-hetero) is 1. The minimum atomic E-state index is -0.257. The number of hydrogen-bond donors (Lipinski definition) is 1. The number of rotatable bonds is 10. The third kappa shape index (κ3) is 6.43. The van der Waals surface area contributed by atoms with Gasteiger partial charge in [-0.3, -0.25) is 14.5 Å². The molecule has 0 saturated carbocycles. The van der Waals surface area contributed by atoms with Crippen LogP contribution < -0.4 is 10.1 Å². The summed E-state index contributed by atoms with van der Waals surface area (Å²) in [6.07, 6.45) is 4.44. The molecule has 0 amide bonds. The van der Waals surface area contributed by atoms with E-state index in [1.54, 1.807) is 14.0 Å². The number of methoxy groups -OCH3 is 1. The number of anilines is 2. The predicted molar refractivity (Wildman–Crippen MR) is 148 cm³/mol. The molecule has 1 fully saturated rings. The molecule has 1 N–H and O–H groups in total. The second-order valence-corrected chi connectivity index (χ2v) is 9.95. The fourth-order valence-corrected chi connectivity index (χ4v) is 5.24. The Hall–Kier alpha value is -4.24. The molecule has 0 unspecified atom stereocenters. The molecular formula is C30H33N5O4. The fraction of sp³-hybridized carbons (Fsp3) is 0.333. The summed E-state index contributed by atoms with van der Waals surface area (Å²) in [4.78, 5) is 32.0. The van der Waals surface area contributed by atoms with Crippen LogP contribution in [0.2, 0.25) is 0 Å². The van der Waals surface area contributed by atoms with Crippen LogP contribution in [0, 0.1) is 11.8 Å². The van der Waals surface area contributed by atoms with Crippen molar-refractivity contribution in [2.24, 2.45) is 11.8 Å². The van der Waals surface area contributed by atoms with Crippen molar-refractivity contribution >= 4 is 28.8 Å². The standard InChI is InChI=1S/C30H33N5O4/c1-21(36)27-18-34(13-11-23(27)15-28(37)39-19-22-7-4-3-5-8-22)17-24-12-14-35-29(24)30(31-20-32-35)33-25-9-6-10-26(16-25)38-2/h3-10,12,14,16,20,23,27H,11,13,15,17-19H2,1-2H3,(H,31,32,33)/t23-,27+/m0/s1. The molecule has 1 aliphatic rings. The van der Waals surface area contributed by atoms with Crippen LogP contribution >= 0.6 is 0 Å². The Bertz CT molecular complexity index is 1440. The van der Waals surface area contributed by atoms with Gasteiger partial charge in [0, 0.05) is 43.4 Å². The average Bonchev–Trinajstić information content (AvgIpc) is 3.37. The molecule has 0 spiro atoms. The monoisotopic (exact) mass is 527 g/mol. The normalized spacial score (nSPS) is 17.6. The van der Waals surface area contributed by atoms with E-state index >= 15 is 0 Å². The van der Waals surface area contributed by atoms with Gasteiger partial charge in [0.2, 0.25) is 0 Å². The Kier molecular flexibility index (Phi) is 8.17. The highest BCUT2D eigenvalue weighted by Gasteiger charge is 2.34. The van der Waals surface area contributed by atoms with E-state index in [-0.39, 0.29) is 36.6 Å². The second-order valence-electron chi connectivity index (χ2n) is 9.95. The summed E-state index contributed by atoms with van der Waals surface area (Å²) in [5.41, 5.74) is 3.75. The third-order valence-electron chi connectivity index (χ3n) is 7.30. The number of esters is 1. The van der Waals surface area contributed by atoms with Gasteiger partial charge in [0.1, 0.15) is 30.0 Å². The number of ketones is 1. The van der Waals surface area contributed by atoms with Crippen molar-refractivity contribution in [3.63, 3.8) is 0 Å². The zero-order valence-electron chi connectivity index (χ0n) is 22.2. The van der Waals surface area contributed by atoms with Gasteiger partial charge in [0.25, 0.3) is 0 Å². The van der Waals surface area contributed by atoms with Crippen LogP contribution in [0.1, 0.15) is 30.9 Å². The van der Waals surface area contributed by atoms with Gasteiger partial charge in [0.05, 0.1) is 7.11 Å². The Morgan fingerprint density at radius 2 is 1.95 bits per heavy atom. The highest BCUT2D eigenvalue weighted by Crippen LogP contribution is 2.31. The topological polar surface area (TPSA) is 98.1 Å². The van der Waals surface area contributed by atoms with Crippen LogP contribution in [0.25, 0.3) is 5.52 Å². The van der Waals surface area contributed by atoms with E-state index in [0.29, 0.717) is 18.9 Å². The number of nitrogens with one attached hydrogen (secondary N) is 1. The number of nitrogens with zero attached hydrogens (tertiary/aromatic N) is 4. The lowest BCUT2D eigenvalue weighted by Crippen LogP contribution is -2.43. The Balaban J connectivity index is 1.25. The minimum absolute atomic E-state index is 0.0265. The molecule has 2 atom stereocenters. The van der Waals surface area contributed by atoms with Crippen LogP contribution in [0.15, 0.2) is 73.2 Å².